The van der Waals surface area contributed by atoms with E-state index in [1.165, 1.54) is 12.1 Å². The van der Waals surface area contributed by atoms with Crippen molar-refractivity contribution in [2.24, 2.45) is 0 Å². The number of carbonyl (C=O) groups is 2. The number of aryl methyl sites for hydroxylation is 1. The van der Waals surface area contributed by atoms with Crippen molar-refractivity contribution >= 4 is 17.6 Å². The van der Waals surface area contributed by atoms with Gasteiger partial charge in [0.1, 0.15) is 5.82 Å². The van der Waals surface area contributed by atoms with E-state index in [-0.39, 0.29) is 11.5 Å². The number of esters is 1. The highest BCUT2D eigenvalue weighted by atomic mass is 19.1. The van der Waals surface area contributed by atoms with E-state index in [0.29, 0.717) is 11.3 Å². The number of benzene rings is 2. The third kappa shape index (κ3) is 4.41. The summed E-state index contributed by atoms with van der Waals surface area (Å²) in [6, 6.07) is 11.5. The van der Waals surface area contributed by atoms with E-state index in [1.807, 2.05) is 32.0 Å². The molecule has 126 valence electrons. The van der Waals surface area contributed by atoms with Gasteiger partial charge in [-0.2, -0.15) is 0 Å². The Balaban J connectivity index is 1.96. The molecule has 24 heavy (non-hydrogen) atoms. The summed E-state index contributed by atoms with van der Waals surface area (Å²) in [5.41, 5.74) is 2.20. The fraction of sp³-hybridized carbons (Fsp3) is 0.263. The van der Waals surface area contributed by atoms with Gasteiger partial charge in [-0.25, -0.2) is 9.18 Å². The highest BCUT2D eigenvalue weighted by Crippen LogP contribution is 2.23. The molecule has 0 bridgehead atoms. The second-order valence-corrected chi connectivity index (χ2v) is 5.83. The molecule has 0 aliphatic heterocycles. The fourth-order valence-corrected chi connectivity index (χ4v) is 2.23. The van der Waals surface area contributed by atoms with Crippen LogP contribution in [0.1, 0.15) is 41.3 Å². The third-order valence-corrected chi connectivity index (χ3v) is 3.60. The summed E-state index contributed by atoms with van der Waals surface area (Å²) in [5.74, 6) is -1.41. The van der Waals surface area contributed by atoms with E-state index < -0.39 is 24.3 Å². The van der Waals surface area contributed by atoms with Gasteiger partial charge in [-0.1, -0.05) is 38.1 Å². The molecule has 1 amide bonds. The summed E-state index contributed by atoms with van der Waals surface area (Å²) < 4.78 is 18.4. The Hall–Kier alpha value is -2.69. The topological polar surface area (TPSA) is 55.4 Å². The van der Waals surface area contributed by atoms with Crippen molar-refractivity contribution in [3.63, 3.8) is 0 Å². The van der Waals surface area contributed by atoms with Crippen LogP contribution in [0.2, 0.25) is 0 Å². The summed E-state index contributed by atoms with van der Waals surface area (Å²) in [5, 5.41) is 2.73. The predicted molar refractivity (Wildman–Crippen MR) is 90.6 cm³/mol. The molecule has 0 aliphatic rings. The van der Waals surface area contributed by atoms with Gasteiger partial charge < -0.3 is 10.1 Å². The Kier molecular flexibility index (Phi) is 5.68. The number of amides is 1. The Bertz CT molecular complexity index is 756. The van der Waals surface area contributed by atoms with Gasteiger partial charge in [-0.15, -0.1) is 0 Å². The minimum Gasteiger partial charge on any atom is -0.452 e. The van der Waals surface area contributed by atoms with Crippen LogP contribution in [-0.4, -0.2) is 18.5 Å². The van der Waals surface area contributed by atoms with Crippen LogP contribution < -0.4 is 5.32 Å². The zero-order valence-electron chi connectivity index (χ0n) is 13.9. The molecular weight excluding hydrogens is 309 g/mol. The van der Waals surface area contributed by atoms with Crippen molar-refractivity contribution in [1.29, 1.82) is 0 Å². The number of para-hydroxylation sites is 1. The SMILES string of the molecule is Cc1ccc(C(=O)OCC(=O)Nc2ccccc2C(C)C)cc1F. The van der Waals surface area contributed by atoms with Crippen LogP contribution in [0, 0.1) is 12.7 Å². The van der Waals surface area contributed by atoms with Gasteiger partial charge in [0.05, 0.1) is 5.56 Å². The monoisotopic (exact) mass is 329 g/mol. The minimum atomic E-state index is -0.735. The maximum Gasteiger partial charge on any atom is 0.338 e. The van der Waals surface area contributed by atoms with E-state index in [0.717, 1.165) is 11.6 Å². The molecule has 0 radical (unpaired) electrons. The van der Waals surface area contributed by atoms with Crippen molar-refractivity contribution in [2.75, 3.05) is 11.9 Å². The van der Waals surface area contributed by atoms with Crippen molar-refractivity contribution in [1.82, 2.24) is 0 Å². The number of anilines is 1. The van der Waals surface area contributed by atoms with E-state index in [9.17, 15) is 14.0 Å². The lowest BCUT2D eigenvalue weighted by Crippen LogP contribution is -2.21. The summed E-state index contributed by atoms with van der Waals surface area (Å²) in [6.45, 7) is 5.22. The van der Waals surface area contributed by atoms with E-state index in [2.05, 4.69) is 5.32 Å². The van der Waals surface area contributed by atoms with Crippen LogP contribution in [0.5, 0.6) is 0 Å². The molecule has 0 spiro atoms. The molecule has 0 saturated heterocycles. The maximum absolute atomic E-state index is 13.5. The normalized spacial score (nSPS) is 10.5. The van der Waals surface area contributed by atoms with Crippen molar-refractivity contribution in [2.45, 2.75) is 26.7 Å². The van der Waals surface area contributed by atoms with Crippen LogP contribution in [0.15, 0.2) is 42.5 Å². The quantitative estimate of drug-likeness (QED) is 0.842. The van der Waals surface area contributed by atoms with Crippen molar-refractivity contribution in [3.8, 4) is 0 Å². The number of ether oxygens (including phenoxy) is 1. The molecule has 2 aromatic rings. The van der Waals surface area contributed by atoms with Crippen molar-refractivity contribution < 1.29 is 18.7 Å². The predicted octanol–water partition coefficient (Wildman–Crippen LogP) is 4.05. The first-order valence-electron chi connectivity index (χ1n) is 7.70. The average Bonchev–Trinajstić information content (AvgIpc) is 2.55. The van der Waals surface area contributed by atoms with Gasteiger partial charge in [-0.05, 0) is 42.2 Å². The first-order valence-corrected chi connectivity index (χ1v) is 7.70. The smallest absolute Gasteiger partial charge is 0.338 e. The number of hydrogen-bond acceptors (Lipinski definition) is 3. The highest BCUT2D eigenvalue weighted by molar-refractivity contribution is 5.96. The van der Waals surface area contributed by atoms with Crippen molar-refractivity contribution in [3.05, 3.63) is 65.0 Å². The van der Waals surface area contributed by atoms with Crippen LogP contribution in [0.4, 0.5) is 10.1 Å². The van der Waals surface area contributed by atoms with Gasteiger partial charge in [0.25, 0.3) is 5.91 Å². The summed E-state index contributed by atoms with van der Waals surface area (Å²) >= 11 is 0. The number of nitrogens with one attached hydrogen (secondary N) is 1. The molecule has 2 rings (SSSR count). The van der Waals surface area contributed by atoms with Gasteiger partial charge in [-0.3, -0.25) is 4.79 Å². The molecule has 4 nitrogen and oxygen atoms in total. The molecule has 0 aliphatic carbocycles. The molecule has 5 heteroatoms. The molecule has 0 unspecified atom stereocenters. The molecule has 0 aromatic heterocycles. The van der Waals surface area contributed by atoms with Crippen LogP contribution in [-0.2, 0) is 9.53 Å². The van der Waals surface area contributed by atoms with Gasteiger partial charge in [0.15, 0.2) is 6.61 Å². The highest BCUT2D eigenvalue weighted by Gasteiger charge is 2.13. The second kappa shape index (κ2) is 7.73. The first kappa shape index (κ1) is 17.7. The summed E-state index contributed by atoms with van der Waals surface area (Å²) in [6.07, 6.45) is 0. The standard InChI is InChI=1S/C19H20FNO3/c1-12(2)15-6-4-5-7-17(15)21-18(22)11-24-19(23)14-9-8-13(3)16(20)10-14/h4-10,12H,11H2,1-3H3,(H,21,22). The van der Waals surface area contributed by atoms with E-state index in [4.69, 9.17) is 4.74 Å². The zero-order chi connectivity index (χ0) is 17.7. The second-order valence-electron chi connectivity index (χ2n) is 5.83. The number of hydrogen-bond donors (Lipinski definition) is 1. The maximum atomic E-state index is 13.5. The Morgan fingerprint density at radius 2 is 1.88 bits per heavy atom. The number of halogens is 1. The zero-order valence-corrected chi connectivity index (χ0v) is 13.9. The minimum absolute atomic E-state index is 0.0773. The number of rotatable bonds is 5. The van der Waals surface area contributed by atoms with E-state index >= 15 is 0 Å². The average molecular weight is 329 g/mol. The van der Waals surface area contributed by atoms with Crippen LogP contribution in [0.3, 0.4) is 0 Å². The molecule has 0 heterocycles. The fourth-order valence-electron chi connectivity index (χ4n) is 2.23. The van der Waals surface area contributed by atoms with Gasteiger partial charge in [0.2, 0.25) is 0 Å². The lowest BCUT2D eigenvalue weighted by molar-refractivity contribution is -0.119. The van der Waals surface area contributed by atoms with Crippen LogP contribution >= 0.6 is 0 Å². The summed E-state index contributed by atoms with van der Waals surface area (Å²) in [4.78, 5) is 23.9. The van der Waals surface area contributed by atoms with E-state index in [1.54, 1.807) is 13.0 Å². The molecule has 2 aromatic carbocycles. The lowest BCUT2D eigenvalue weighted by Gasteiger charge is -2.13. The first-order chi connectivity index (χ1) is 11.4. The van der Waals surface area contributed by atoms with Gasteiger partial charge in [0, 0.05) is 5.69 Å². The molecule has 0 saturated carbocycles. The molecule has 0 fully saturated rings. The third-order valence-electron chi connectivity index (χ3n) is 3.60. The lowest BCUT2D eigenvalue weighted by atomic mass is 10.0. The molecule has 0 atom stereocenters. The Morgan fingerprint density at radius 1 is 1.17 bits per heavy atom. The molecular formula is C19H20FNO3. The molecule has 1 N–H and O–H groups in total. The summed E-state index contributed by atoms with van der Waals surface area (Å²) in [7, 11) is 0. The Labute approximate surface area is 140 Å². The Morgan fingerprint density at radius 3 is 2.54 bits per heavy atom. The van der Waals surface area contributed by atoms with Crippen LogP contribution in [0.25, 0.3) is 0 Å². The number of carbonyl (C=O) groups excluding carboxylic acids is 2. The van der Waals surface area contributed by atoms with Gasteiger partial charge >= 0.3 is 5.97 Å². The largest absolute Gasteiger partial charge is 0.452 e.